The summed E-state index contributed by atoms with van der Waals surface area (Å²) in [6.45, 7) is 7.65. The van der Waals surface area contributed by atoms with Crippen molar-refractivity contribution in [1.82, 2.24) is 4.90 Å². The zero-order chi connectivity index (χ0) is 16.9. The Morgan fingerprint density at radius 3 is 2.83 bits per heavy atom. The lowest BCUT2D eigenvalue weighted by Gasteiger charge is -2.46. The Hall–Kier alpha value is -1.06. The monoisotopic (exact) mass is 330 g/mol. The van der Waals surface area contributed by atoms with Gasteiger partial charge in [-0.2, -0.15) is 0 Å². The second kappa shape index (κ2) is 8.35. The minimum atomic E-state index is 0.351. The summed E-state index contributed by atoms with van der Waals surface area (Å²) in [7, 11) is 0. The topological polar surface area (TPSA) is 38.5 Å². The summed E-state index contributed by atoms with van der Waals surface area (Å²) < 4.78 is 5.89. The van der Waals surface area contributed by atoms with E-state index in [1.807, 2.05) is 0 Å². The van der Waals surface area contributed by atoms with Gasteiger partial charge in [-0.05, 0) is 54.9 Å². The molecule has 2 aliphatic heterocycles. The zero-order valence-electron chi connectivity index (χ0n) is 15.5. The quantitative estimate of drug-likeness (QED) is 0.757. The third-order valence-electron chi connectivity index (χ3n) is 5.85. The number of nitrogens with zero attached hydrogens (tertiary/aromatic N) is 1. The maximum absolute atomic E-state index is 6.54. The highest BCUT2D eigenvalue weighted by molar-refractivity contribution is 5.39. The first-order valence-corrected chi connectivity index (χ1v) is 9.98. The van der Waals surface area contributed by atoms with Crippen LogP contribution in [-0.2, 0) is 6.42 Å². The van der Waals surface area contributed by atoms with Crippen molar-refractivity contribution < 1.29 is 4.74 Å². The molecule has 0 radical (unpaired) electrons. The molecule has 2 N–H and O–H groups in total. The van der Waals surface area contributed by atoms with E-state index < -0.39 is 0 Å². The Morgan fingerprint density at radius 1 is 1.21 bits per heavy atom. The summed E-state index contributed by atoms with van der Waals surface area (Å²) in [4.78, 5) is 2.68. The third-order valence-corrected chi connectivity index (χ3v) is 5.85. The Balaban J connectivity index is 1.68. The summed E-state index contributed by atoms with van der Waals surface area (Å²) in [5.41, 5.74) is 9.51. The van der Waals surface area contributed by atoms with E-state index in [2.05, 4.69) is 36.9 Å². The van der Waals surface area contributed by atoms with E-state index in [9.17, 15) is 0 Å². The Morgan fingerprint density at radius 2 is 2.04 bits per heavy atom. The molecule has 0 spiro atoms. The van der Waals surface area contributed by atoms with Gasteiger partial charge in [0.15, 0.2) is 0 Å². The van der Waals surface area contributed by atoms with Gasteiger partial charge in [-0.25, -0.2) is 0 Å². The number of unbranched alkanes of at least 4 members (excludes halogenated alkanes) is 2. The minimum Gasteiger partial charge on any atom is -0.494 e. The zero-order valence-corrected chi connectivity index (χ0v) is 15.5. The second-order valence-electron chi connectivity index (χ2n) is 7.63. The van der Waals surface area contributed by atoms with E-state index in [1.165, 1.54) is 49.9 Å². The molecule has 1 saturated heterocycles. The standard InChI is InChI=1S/C21H34N2O/c1-3-5-7-17-15-23-11-10-16-13-18(24-12-6-4-2)8-9-19(16)21(23)14-20(17)22/h8-9,13,17,20-21H,3-7,10-12,14-15,22H2,1-2H3. The molecule has 0 saturated carbocycles. The molecular weight excluding hydrogens is 296 g/mol. The first-order chi connectivity index (χ1) is 11.7. The van der Waals surface area contributed by atoms with Crippen LogP contribution in [0.1, 0.15) is 69.5 Å². The summed E-state index contributed by atoms with van der Waals surface area (Å²) in [5.74, 6) is 1.72. The van der Waals surface area contributed by atoms with E-state index in [1.54, 1.807) is 0 Å². The summed E-state index contributed by atoms with van der Waals surface area (Å²) in [5, 5.41) is 0. The minimum absolute atomic E-state index is 0.351. The van der Waals surface area contributed by atoms with Gasteiger partial charge in [-0.3, -0.25) is 4.90 Å². The van der Waals surface area contributed by atoms with Gasteiger partial charge in [-0.15, -0.1) is 0 Å². The number of ether oxygens (including phenoxy) is 1. The highest BCUT2D eigenvalue weighted by Crippen LogP contribution is 2.40. The van der Waals surface area contributed by atoms with Crippen LogP contribution in [0.4, 0.5) is 0 Å². The lowest BCUT2D eigenvalue weighted by Crippen LogP contribution is -2.50. The van der Waals surface area contributed by atoms with E-state index >= 15 is 0 Å². The smallest absolute Gasteiger partial charge is 0.119 e. The normalized spacial score (nSPS) is 26.7. The molecule has 0 amide bonds. The van der Waals surface area contributed by atoms with Crippen molar-refractivity contribution in [3.63, 3.8) is 0 Å². The van der Waals surface area contributed by atoms with Gasteiger partial charge in [-0.1, -0.05) is 39.2 Å². The van der Waals surface area contributed by atoms with Crippen molar-refractivity contribution in [2.24, 2.45) is 11.7 Å². The van der Waals surface area contributed by atoms with Gasteiger partial charge in [0.1, 0.15) is 5.75 Å². The van der Waals surface area contributed by atoms with Crippen molar-refractivity contribution in [1.29, 1.82) is 0 Å². The van der Waals surface area contributed by atoms with E-state index in [0.717, 1.165) is 31.6 Å². The van der Waals surface area contributed by atoms with Crippen molar-refractivity contribution in [3.8, 4) is 5.75 Å². The maximum Gasteiger partial charge on any atom is 0.119 e. The fraction of sp³-hybridized carbons (Fsp3) is 0.714. The van der Waals surface area contributed by atoms with Crippen LogP contribution >= 0.6 is 0 Å². The molecule has 3 atom stereocenters. The van der Waals surface area contributed by atoms with E-state index in [-0.39, 0.29) is 0 Å². The first-order valence-electron chi connectivity index (χ1n) is 9.98. The molecule has 2 heterocycles. The average Bonchev–Trinajstić information content (AvgIpc) is 2.60. The number of nitrogens with two attached hydrogens (primary N) is 1. The van der Waals surface area contributed by atoms with Gasteiger partial charge < -0.3 is 10.5 Å². The van der Waals surface area contributed by atoms with Crippen LogP contribution in [0.25, 0.3) is 0 Å². The summed E-state index contributed by atoms with van der Waals surface area (Å²) in [6, 6.07) is 7.60. The van der Waals surface area contributed by atoms with Crippen LogP contribution < -0.4 is 10.5 Å². The van der Waals surface area contributed by atoms with Gasteiger partial charge in [0.2, 0.25) is 0 Å². The first kappa shape index (κ1) is 17.8. The number of hydrogen-bond donors (Lipinski definition) is 1. The van der Waals surface area contributed by atoms with Crippen LogP contribution in [0.3, 0.4) is 0 Å². The lowest BCUT2D eigenvalue weighted by atomic mass is 9.79. The number of benzene rings is 1. The molecule has 0 bridgehead atoms. The van der Waals surface area contributed by atoms with Gasteiger partial charge in [0.05, 0.1) is 6.61 Å². The molecule has 3 heteroatoms. The fourth-order valence-electron chi connectivity index (χ4n) is 4.32. The average molecular weight is 331 g/mol. The van der Waals surface area contributed by atoms with Gasteiger partial charge in [0, 0.05) is 25.2 Å². The second-order valence-corrected chi connectivity index (χ2v) is 7.63. The summed E-state index contributed by atoms with van der Waals surface area (Å²) in [6.07, 6.45) is 8.44. The van der Waals surface area contributed by atoms with Crippen molar-refractivity contribution in [2.75, 3.05) is 19.7 Å². The van der Waals surface area contributed by atoms with Crippen LogP contribution in [0, 0.1) is 5.92 Å². The van der Waals surface area contributed by atoms with Crippen molar-refractivity contribution in [2.45, 2.75) is 70.9 Å². The Labute approximate surface area is 147 Å². The van der Waals surface area contributed by atoms with Crippen LogP contribution in [0.2, 0.25) is 0 Å². The molecule has 0 aliphatic carbocycles. The molecule has 1 aromatic carbocycles. The number of rotatable bonds is 7. The molecule has 1 fully saturated rings. The van der Waals surface area contributed by atoms with Crippen LogP contribution in [-0.4, -0.2) is 30.6 Å². The molecule has 3 rings (SSSR count). The molecule has 3 unspecified atom stereocenters. The molecular formula is C21H34N2O. The molecule has 0 aromatic heterocycles. The number of fused-ring (bicyclic) bond motifs is 3. The largest absolute Gasteiger partial charge is 0.494 e. The Bertz CT molecular complexity index is 531. The summed E-state index contributed by atoms with van der Waals surface area (Å²) >= 11 is 0. The number of piperidine rings is 1. The van der Waals surface area contributed by atoms with Gasteiger partial charge >= 0.3 is 0 Å². The van der Waals surface area contributed by atoms with Crippen molar-refractivity contribution >= 4 is 0 Å². The maximum atomic E-state index is 6.54. The molecule has 3 nitrogen and oxygen atoms in total. The highest BCUT2D eigenvalue weighted by Gasteiger charge is 2.36. The number of hydrogen-bond acceptors (Lipinski definition) is 3. The predicted octanol–water partition coefficient (Wildman–Crippen LogP) is 4.30. The predicted molar refractivity (Wildman–Crippen MR) is 100 cm³/mol. The SMILES string of the molecule is CCCCOc1ccc2c(c1)CCN1CC(CCCC)C(N)CC21. The van der Waals surface area contributed by atoms with Crippen LogP contribution in [0.5, 0.6) is 5.75 Å². The van der Waals surface area contributed by atoms with Gasteiger partial charge in [0.25, 0.3) is 0 Å². The van der Waals surface area contributed by atoms with Crippen molar-refractivity contribution in [3.05, 3.63) is 29.3 Å². The van der Waals surface area contributed by atoms with Crippen LogP contribution in [0.15, 0.2) is 18.2 Å². The Kier molecular flexibility index (Phi) is 6.18. The molecule has 24 heavy (non-hydrogen) atoms. The molecule has 2 aliphatic rings. The molecule has 134 valence electrons. The van der Waals surface area contributed by atoms with E-state index in [4.69, 9.17) is 10.5 Å². The molecule has 1 aromatic rings. The van der Waals surface area contributed by atoms with E-state index in [0.29, 0.717) is 18.0 Å². The third kappa shape index (κ3) is 3.94. The fourth-order valence-corrected chi connectivity index (χ4v) is 4.32. The highest BCUT2D eigenvalue weighted by atomic mass is 16.5. The lowest BCUT2D eigenvalue weighted by molar-refractivity contribution is 0.0785.